The molecule has 0 heterocycles. The van der Waals surface area contributed by atoms with Gasteiger partial charge < -0.3 is 15.2 Å². The summed E-state index contributed by atoms with van der Waals surface area (Å²) in [6, 6.07) is 9.81. The lowest BCUT2D eigenvalue weighted by molar-refractivity contribution is -0.114. The maximum Gasteiger partial charge on any atom is 0.271 e. The highest BCUT2D eigenvalue weighted by Crippen LogP contribution is 2.32. The van der Waals surface area contributed by atoms with Crippen molar-refractivity contribution in [2.24, 2.45) is 5.10 Å². The number of hydrogen-bond donors (Lipinski definition) is 3. The first-order valence-corrected chi connectivity index (χ1v) is 8.85. The quantitative estimate of drug-likeness (QED) is 0.346. The van der Waals surface area contributed by atoms with Gasteiger partial charge in [-0.2, -0.15) is 5.10 Å². The van der Waals surface area contributed by atoms with Crippen LogP contribution in [0.4, 0.5) is 5.69 Å². The Balaban J connectivity index is 2.03. The monoisotopic (exact) mass is 467 g/mol. The molecule has 2 aromatic carbocycles. The lowest BCUT2D eigenvalue weighted by Crippen LogP contribution is -2.17. The SMILES string of the molecule is CCOc1cc(/C=N\NC(=O)c2ccc(NC(C)=O)cc2)cc(I)c1O. The largest absolute Gasteiger partial charge is 0.504 e. The minimum Gasteiger partial charge on any atom is -0.504 e. The third-order valence-electron chi connectivity index (χ3n) is 3.20. The van der Waals surface area contributed by atoms with Crippen molar-refractivity contribution in [2.75, 3.05) is 11.9 Å². The number of aromatic hydroxyl groups is 1. The molecular weight excluding hydrogens is 449 g/mol. The number of amides is 2. The van der Waals surface area contributed by atoms with E-state index in [4.69, 9.17) is 4.74 Å². The van der Waals surface area contributed by atoms with Gasteiger partial charge in [0.2, 0.25) is 5.91 Å². The van der Waals surface area contributed by atoms with Crippen molar-refractivity contribution in [3.05, 3.63) is 51.1 Å². The number of carbonyl (C=O) groups is 2. The van der Waals surface area contributed by atoms with Crippen molar-refractivity contribution in [1.29, 1.82) is 0 Å². The van der Waals surface area contributed by atoms with E-state index >= 15 is 0 Å². The van der Waals surface area contributed by atoms with Gasteiger partial charge in [0.25, 0.3) is 5.91 Å². The lowest BCUT2D eigenvalue weighted by atomic mass is 10.2. The summed E-state index contributed by atoms with van der Waals surface area (Å²) < 4.78 is 5.98. The Labute approximate surface area is 164 Å². The number of hydrazone groups is 1. The van der Waals surface area contributed by atoms with E-state index in [0.717, 1.165) is 0 Å². The number of ether oxygens (including phenoxy) is 1. The van der Waals surface area contributed by atoms with E-state index in [1.54, 1.807) is 36.4 Å². The van der Waals surface area contributed by atoms with Crippen LogP contribution < -0.4 is 15.5 Å². The molecule has 0 aliphatic heterocycles. The number of hydrogen-bond acceptors (Lipinski definition) is 5. The van der Waals surface area contributed by atoms with Crippen molar-refractivity contribution in [2.45, 2.75) is 13.8 Å². The van der Waals surface area contributed by atoms with Gasteiger partial charge in [0.15, 0.2) is 11.5 Å². The molecule has 0 atom stereocenters. The number of anilines is 1. The van der Waals surface area contributed by atoms with Crippen molar-refractivity contribution in [3.8, 4) is 11.5 Å². The molecule has 2 rings (SSSR count). The molecule has 3 N–H and O–H groups in total. The Hall–Kier alpha value is -2.62. The smallest absolute Gasteiger partial charge is 0.271 e. The summed E-state index contributed by atoms with van der Waals surface area (Å²) in [6.45, 7) is 3.66. The van der Waals surface area contributed by atoms with Crippen LogP contribution in [0.25, 0.3) is 0 Å². The van der Waals surface area contributed by atoms with E-state index in [2.05, 4.69) is 15.8 Å². The molecule has 0 spiro atoms. The molecule has 26 heavy (non-hydrogen) atoms. The van der Waals surface area contributed by atoms with E-state index in [-0.39, 0.29) is 17.6 Å². The third-order valence-corrected chi connectivity index (χ3v) is 4.02. The zero-order valence-corrected chi connectivity index (χ0v) is 16.4. The van der Waals surface area contributed by atoms with E-state index < -0.39 is 0 Å². The Morgan fingerprint density at radius 1 is 1.27 bits per heavy atom. The Kier molecular flexibility index (Phi) is 6.96. The predicted octanol–water partition coefficient (Wildman–Crippen LogP) is 3.12. The average molecular weight is 467 g/mol. The summed E-state index contributed by atoms with van der Waals surface area (Å²) in [4.78, 5) is 23.1. The van der Waals surface area contributed by atoms with Crippen molar-refractivity contribution in [1.82, 2.24) is 5.43 Å². The molecule has 136 valence electrons. The highest BCUT2D eigenvalue weighted by atomic mass is 127. The third kappa shape index (κ3) is 5.45. The molecule has 0 unspecified atom stereocenters. The van der Waals surface area contributed by atoms with Gasteiger partial charge in [-0.05, 0) is 71.5 Å². The number of halogens is 1. The highest BCUT2D eigenvalue weighted by Gasteiger charge is 2.09. The van der Waals surface area contributed by atoms with Crippen molar-refractivity contribution in [3.63, 3.8) is 0 Å². The summed E-state index contributed by atoms with van der Waals surface area (Å²) in [5.74, 6) is -0.121. The van der Waals surface area contributed by atoms with Crippen LogP contribution in [0.1, 0.15) is 29.8 Å². The van der Waals surface area contributed by atoms with Gasteiger partial charge in [-0.25, -0.2) is 5.43 Å². The highest BCUT2D eigenvalue weighted by molar-refractivity contribution is 14.1. The molecule has 0 aromatic heterocycles. The van der Waals surface area contributed by atoms with E-state index in [1.807, 2.05) is 29.5 Å². The van der Waals surface area contributed by atoms with Crippen LogP contribution in [0, 0.1) is 3.57 Å². The second-order valence-corrected chi connectivity index (χ2v) is 6.40. The molecule has 0 fully saturated rings. The number of carbonyl (C=O) groups excluding carboxylic acids is 2. The van der Waals surface area contributed by atoms with Gasteiger partial charge in [0, 0.05) is 18.2 Å². The van der Waals surface area contributed by atoms with E-state index in [1.165, 1.54) is 13.1 Å². The van der Waals surface area contributed by atoms with Gasteiger partial charge in [0.05, 0.1) is 16.4 Å². The van der Waals surface area contributed by atoms with Crippen LogP contribution in [0.5, 0.6) is 11.5 Å². The molecule has 0 aliphatic rings. The average Bonchev–Trinajstić information content (AvgIpc) is 2.59. The number of phenolic OH excluding ortho intramolecular Hbond substituents is 1. The number of phenols is 1. The van der Waals surface area contributed by atoms with Crippen LogP contribution in [0.2, 0.25) is 0 Å². The predicted molar refractivity (Wildman–Crippen MR) is 108 cm³/mol. The summed E-state index contributed by atoms with van der Waals surface area (Å²) >= 11 is 1.99. The molecular formula is C18H18IN3O4. The zero-order valence-electron chi connectivity index (χ0n) is 14.2. The minimum absolute atomic E-state index is 0.0768. The van der Waals surface area contributed by atoms with Crippen LogP contribution in [0.3, 0.4) is 0 Å². The first-order chi connectivity index (χ1) is 12.4. The molecule has 0 saturated carbocycles. The van der Waals surface area contributed by atoms with E-state index in [9.17, 15) is 14.7 Å². The van der Waals surface area contributed by atoms with Crippen LogP contribution >= 0.6 is 22.6 Å². The Bertz CT molecular complexity index is 835. The number of nitrogens with one attached hydrogen (secondary N) is 2. The summed E-state index contributed by atoms with van der Waals surface area (Å²) in [5.41, 5.74) is 4.13. The fourth-order valence-corrected chi connectivity index (χ4v) is 2.70. The zero-order chi connectivity index (χ0) is 19.1. The van der Waals surface area contributed by atoms with Gasteiger partial charge >= 0.3 is 0 Å². The molecule has 0 bridgehead atoms. The topological polar surface area (TPSA) is 100 Å². The molecule has 2 amide bonds. The van der Waals surface area contributed by atoms with E-state index in [0.29, 0.717) is 32.7 Å². The second kappa shape index (κ2) is 9.18. The molecule has 7 nitrogen and oxygen atoms in total. The van der Waals surface area contributed by atoms with Gasteiger partial charge in [0.1, 0.15) is 0 Å². The van der Waals surface area contributed by atoms with Gasteiger partial charge in [-0.3, -0.25) is 9.59 Å². The normalized spacial score (nSPS) is 10.6. The Morgan fingerprint density at radius 2 is 1.96 bits per heavy atom. The molecule has 0 saturated heterocycles. The summed E-state index contributed by atoms with van der Waals surface area (Å²) in [6.07, 6.45) is 1.47. The number of benzene rings is 2. The molecule has 0 radical (unpaired) electrons. The fraction of sp³-hybridized carbons (Fsp3) is 0.167. The lowest BCUT2D eigenvalue weighted by Gasteiger charge is -2.08. The maximum atomic E-state index is 12.1. The first kappa shape index (κ1) is 19.7. The minimum atomic E-state index is -0.380. The number of rotatable bonds is 6. The molecule has 2 aromatic rings. The fourth-order valence-electron chi connectivity index (χ4n) is 2.07. The van der Waals surface area contributed by atoms with Crippen LogP contribution in [-0.2, 0) is 4.79 Å². The van der Waals surface area contributed by atoms with Gasteiger partial charge in [-0.1, -0.05) is 0 Å². The maximum absolute atomic E-state index is 12.1. The summed E-state index contributed by atoms with van der Waals surface area (Å²) in [5, 5.41) is 16.5. The number of nitrogens with zero attached hydrogens (tertiary/aromatic N) is 1. The summed E-state index contributed by atoms with van der Waals surface area (Å²) in [7, 11) is 0. The molecule has 0 aliphatic carbocycles. The first-order valence-electron chi connectivity index (χ1n) is 7.77. The second-order valence-electron chi connectivity index (χ2n) is 5.24. The van der Waals surface area contributed by atoms with Crippen molar-refractivity contribution >= 4 is 46.3 Å². The standard InChI is InChI=1S/C18H18IN3O4/c1-3-26-16-9-12(8-15(19)17(16)24)10-20-22-18(25)13-4-6-14(7-5-13)21-11(2)23/h4-10,24H,3H2,1-2H3,(H,21,23)(H,22,25)/b20-10-. The molecule has 8 heteroatoms. The Morgan fingerprint density at radius 3 is 2.58 bits per heavy atom. The van der Waals surface area contributed by atoms with Crippen LogP contribution in [-0.4, -0.2) is 29.7 Å². The van der Waals surface area contributed by atoms with Crippen LogP contribution in [0.15, 0.2) is 41.5 Å². The van der Waals surface area contributed by atoms with Gasteiger partial charge in [-0.15, -0.1) is 0 Å². The van der Waals surface area contributed by atoms with Crippen molar-refractivity contribution < 1.29 is 19.4 Å².